The van der Waals surface area contributed by atoms with Gasteiger partial charge in [0.25, 0.3) is 0 Å². The van der Waals surface area contributed by atoms with Crippen molar-refractivity contribution < 1.29 is 9.50 Å². The molecule has 0 radical (unpaired) electrons. The van der Waals surface area contributed by atoms with Crippen LogP contribution in [0, 0.1) is 5.82 Å². The van der Waals surface area contributed by atoms with Crippen molar-refractivity contribution in [1.29, 1.82) is 0 Å². The van der Waals surface area contributed by atoms with Gasteiger partial charge in [0.05, 0.1) is 10.6 Å². The number of hydrogen-bond donors (Lipinski definition) is 1. The van der Waals surface area contributed by atoms with Crippen LogP contribution in [0.5, 0.6) is 0 Å². The van der Waals surface area contributed by atoms with Crippen molar-refractivity contribution in [2.75, 3.05) is 0 Å². The van der Waals surface area contributed by atoms with Gasteiger partial charge in [-0.3, -0.25) is 0 Å². The molecule has 112 valence electrons. The number of aliphatic hydroxyl groups is 1. The monoisotopic (exact) mass is 326 g/mol. The van der Waals surface area contributed by atoms with Crippen LogP contribution in [0.25, 0.3) is 0 Å². The smallest absolute Gasteiger partial charge is 0.142 e. The summed E-state index contributed by atoms with van der Waals surface area (Å²) in [7, 11) is 0. The van der Waals surface area contributed by atoms with Crippen molar-refractivity contribution in [2.24, 2.45) is 0 Å². The van der Waals surface area contributed by atoms with Crippen LogP contribution in [0.3, 0.4) is 0 Å². The zero-order valence-corrected chi connectivity index (χ0v) is 13.3. The number of hydrogen-bond acceptors (Lipinski definition) is 1. The second-order valence-corrected chi connectivity index (χ2v) is 6.17. The molecule has 0 saturated heterocycles. The Morgan fingerprint density at radius 1 is 1.10 bits per heavy atom. The highest BCUT2D eigenvalue weighted by atomic mass is 35.5. The van der Waals surface area contributed by atoms with Gasteiger partial charge in [-0.25, -0.2) is 4.39 Å². The Morgan fingerprint density at radius 3 is 2.43 bits per heavy atom. The summed E-state index contributed by atoms with van der Waals surface area (Å²) in [6.45, 7) is 1.65. The maximum Gasteiger partial charge on any atom is 0.142 e. The number of rotatable bonds is 5. The number of aryl methyl sites for hydroxylation is 1. The SMILES string of the molecule is CC(O)(CCCc1ccccc1)c1cc(F)c(Cl)cc1Cl. The van der Waals surface area contributed by atoms with Gasteiger partial charge in [-0.05, 0) is 43.9 Å². The third-order valence-corrected chi connectivity index (χ3v) is 4.16. The van der Waals surface area contributed by atoms with Gasteiger partial charge in [0.2, 0.25) is 0 Å². The van der Waals surface area contributed by atoms with Crippen LogP contribution >= 0.6 is 23.2 Å². The minimum atomic E-state index is -1.18. The molecule has 21 heavy (non-hydrogen) atoms. The minimum absolute atomic E-state index is 0.0381. The molecule has 0 amide bonds. The number of halogens is 3. The van der Waals surface area contributed by atoms with Crippen LogP contribution in [0.15, 0.2) is 42.5 Å². The first-order valence-electron chi connectivity index (χ1n) is 6.81. The van der Waals surface area contributed by atoms with E-state index in [9.17, 15) is 9.50 Å². The maximum atomic E-state index is 13.6. The van der Waals surface area contributed by atoms with E-state index in [0.717, 1.165) is 12.8 Å². The Hall–Kier alpha value is -1.09. The lowest BCUT2D eigenvalue weighted by Gasteiger charge is -2.25. The average molecular weight is 327 g/mol. The van der Waals surface area contributed by atoms with Gasteiger partial charge in [0, 0.05) is 10.6 Å². The Kier molecular flexibility index (Phi) is 5.26. The zero-order chi connectivity index (χ0) is 15.5. The summed E-state index contributed by atoms with van der Waals surface area (Å²) >= 11 is 11.8. The lowest BCUT2D eigenvalue weighted by molar-refractivity contribution is 0.0455. The molecule has 4 heteroatoms. The van der Waals surface area contributed by atoms with Crippen LogP contribution in [0.4, 0.5) is 4.39 Å². The standard InChI is InChI=1S/C17H17Cl2FO/c1-17(21,9-5-8-12-6-3-2-4-7-12)13-10-16(20)15(19)11-14(13)18/h2-4,6-7,10-11,21H,5,8-9H2,1H3. The molecule has 0 bridgehead atoms. The van der Waals surface area contributed by atoms with Crippen molar-refractivity contribution in [3.63, 3.8) is 0 Å². The zero-order valence-electron chi connectivity index (χ0n) is 11.7. The van der Waals surface area contributed by atoms with Crippen molar-refractivity contribution in [1.82, 2.24) is 0 Å². The molecule has 0 aliphatic carbocycles. The molecule has 0 aliphatic rings. The normalized spacial score (nSPS) is 14.0. The van der Waals surface area contributed by atoms with Gasteiger partial charge >= 0.3 is 0 Å². The first-order valence-corrected chi connectivity index (χ1v) is 7.57. The first-order chi connectivity index (χ1) is 9.90. The van der Waals surface area contributed by atoms with Crippen molar-refractivity contribution in [3.05, 3.63) is 69.5 Å². The van der Waals surface area contributed by atoms with E-state index in [1.807, 2.05) is 30.3 Å². The van der Waals surface area contributed by atoms with E-state index in [0.29, 0.717) is 12.0 Å². The van der Waals surface area contributed by atoms with E-state index in [4.69, 9.17) is 23.2 Å². The number of benzene rings is 2. The fraction of sp³-hybridized carbons (Fsp3) is 0.294. The van der Waals surface area contributed by atoms with Gasteiger partial charge in [-0.2, -0.15) is 0 Å². The molecule has 0 spiro atoms. The van der Waals surface area contributed by atoms with Gasteiger partial charge in [0.15, 0.2) is 0 Å². The quantitative estimate of drug-likeness (QED) is 0.733. The Balaban J connectivity index is 2.06. The van der Waals surface area contributed by atoms with Crippen LogP contribution < -0.4 is 0 Å². The van der Waals surface area contributed by atoms with E-state index >= 15 is 0 Å². The van der Waals surface area contributed by atoms with Crippen molar-refractivity contribution >= 4 is 23.2 Å². The highest BCUT2D eigenvalue weighted by molar-refractivity contribution is 6.35. The largest absolute Gasteiger partial charge is 0.385 e. The summed E-state index contributed by atoms with van der Waals surface area (Å²) in [5.74, 6) is -0.570. The summed E-state index contributed by atoms with van der Waals surface area (Å²) in [4.78, 5) is 0. The summed E-state index contributed by atoms with van der Waals surface area (Å²) in [6.07, 6.45) is 2.12. The molecule has 1 atom stereocenters. The molecule has 0 aromatic heterocycles. The third kappa shape index (κ3) is 4.19. The van der Waals surface area contributed by atoms with E-state index in [-0.39, 0.29) is 10.0 Å². The topological polar surface area (TPSA) is 20.2 Å². The van der Waals surface area contributed by atoms with E-state index in [2.05, 4.69) is 0 Å². The van der Waals surface area contributed by atoms with Crippen LogP contribution in [0.1, 0.15) is 30.9 Å². The average Bonchev–Trinajstić information content (AvgIpc) is 2.43. The predicted octanol–water partition coefficient (Wildman–Crippen LogP) is 5.36. The molecule has 0 aliphatic heterocycles. The summed E-state index contributed by atoms with van der Waals surface area (Å²) in [6, 6.07) is 12.6. The minimum Gasteiger partial charge on any atom is -0.385 e. The van der Waals surface area contributed by atoms with Crippen LogP contribution in [0.2, 0.25) is 10.0 Å². The predicted molar refractivity (Wildman–Crippen MR) is 85.4 cm³/mol. The lowest BCUT2D eigenvalue weighted by Crippen LogP contribution is -2.22. The maximum absolute atomic E-state index is 13.6. The lowest BCUT2D eigenvalue weighted by atomic mass is 9.89. The van der Waals surface area contributed by atoms with E-state index in [1.54, 1.807) is 6.92 Å². The second kappa shape index (κ2) is 6.78. The van der Waals surface area contributed by atoms with Gasteiger partial charge in [-0.15, -0.1) is 0 Å². The van der Waals surface area contributed by atoms with Crippen LogP contribution in [-0.2, 0) is 12.0 Å². The third-order valence-electron chi connectivity index (χ3n) is 3.56. The van der Waals surface area contributed by atoms with Crippen LogP contribution in [-0.4, -0.2) is 5.11 Å². The highest BCUT2D eigenvalue weighted by Gasteiger charge is 2.26. The van der Waals surface area contributed by atoms with Gasteiger partial charge in [0.1, 0.15) is 5.82 Å². The molecule has 1 nitrogen and oxygen atoms in total. The molecule has 2 rings (SSSR count). The second-order valence-electron chi connectivity index (χ2n) is 5.36. The Labute approximate surface area is 134 Å². The molecule has 0 fully saturated rings. The van der Waals surface area contributed by atoms with Crippen molar-refractivity contribution in [2.45, 2.75) is 31.8 Å². The van der Waals surface area contributed by atoms with Crippen molar-refractivity contribution in [3.8, 4) is 0 Å². The summed E-state index contributed by atoms with van der Waals surface area (Å²) < 4.78 is 13.6. The van der Waals surface area contributed by atoms with E-state index < -0.39 is 11.4 Å². The van der Waals surface area contributed by atoms with Gasteiger partial charge in [-0.1, -0.05) is 53.5 Å². The summed E-state index contributed by atoms with van der Waals surface area (Å²) in [5, 5.41) is 10.8. The highest BCUT2D eigenvalue weighted by Crippen LogP contribution is 2.35. The fourth-order valence-corrected chi connectivity index (χ4v) is 2.94. The first kappa shape index (κ1) is 16.3. The molecule has 0 heterocycles. The fourth-order valence-electron chi connectivity index (χ4n) is 2.35. The molecule has 1 N–H and O–H groups in total. The molecule has 1 unspecified atom stereocenters. The Bertz CT molecular complexity index is 612. The molecule has 0 saturated carbocycles. The molecule has 2 aromatic rings. The van der Waals surface area contributed by atoms with E-state index in [1.165, 1.54) is 17.7 Å². The molecule has 2 aromatic carbocycles. The summed E-state index contributed by atoms with van der Waals surface area (Å²) in [5.41, 5.74) is 0.401. The van der Waals surface area contributed by atoms with Gasteiger partial charge < -0.3 is 5.11 Å². The molecular formula is C17H17Cl2FO. The Morgan fingerprint density at radius 2 is 1.76 bits per heavy atom. The molecular weight excluding hydrogens is 310 g/mol.